The second-order valence-corrected chi connectivity index (χ2v) is 9.19. The molecule has 1 aromatic heterocycles. The Balaban J connectivity index is 1.43. The molecule has 0 spiro atoms. The molecular weight excluding hydrogens is 434 g/mol. The van der Waals surface area contributed by atoms with Gasteiger partial charge in [-0.1, -0.05) is 72.4 Å². The fraction of sp³-hybridized carbons (Fsp3) is 0.346. The smallest absolute Gasteiger partial charge is 0.231 e. The summed E-state index contributed by atoms with van der Waals surface area (Å²) in [6, 6.07) is 19.3. The van der Waals surface area contributed by atoms with Gasteiger partial charge < -0.3 is 14.6 Å². The van der Waals surface area contributed by atoms with Crippen LogP contribution in [-0.2, 0) is 27.3 Å². The number of hydrogen-bond acceptors (Lipinski definition) is 5. The summed E-state index contributed by atoms with van der Waals surface area (Å²) in [6.07, 6.45) is 4.59. The predicted molar refractivity (Wildman–Crippen MR) is 130 cm³/mol. The highest BCUT2D eigenvalue weighted by molar-refractivity contribution is 7.99. The van der Waals surface area contributed by atoms with Crippen LogP contribution < -0.4 is 5.32 Å². The number of carbonyl (C=O) groups excluding carboxylic acids is 2. The zero-order chi connectivity index (χ0) is 23.0. The summed E-state index contributed by atoms with van der Waals surface area (Å²) in [5.74, 6) is -0.0393. The molecule has 1 amide bonds. The minimum Gasteiger partial charge on any atom is -0.376 e. The molecule has 1 saturated heterocycles. The van der Waals surface area contributed by atoms with E-state index in [1.165, 1.54) is 18.7 Å². The molecule has 7 heteroatoms. The van der Waals surface area contributed by atoms with E-state index in [4.69, 9.17) is 4.74 Å². The number of thioether (sulfide) groups is 1. The summed E-state index contributed by atoms with van der Waals surface area (Å²) in [6.45, 7) is 3.01. The maximum Gasteiger partial charge on any atom is 0.231 e. The Kier molecular flexibility index (Phi) is 7.96. The highest BCUT2D eigenvalue weighted by Crippen LogP contribution is 2.28. The standard InChI is InChI=1S/C26H29N3O3S/c1-19(30)23(15-20-9-4-2-5-10-20)28-25(31)18-33-26-27-16-24(21-11-6-3-7-12-21)29(26)17-22-13-8-14-32-22/h2-7,9-12,16,22-23H,8,13-15,17-18H2,1H3,(H,28,31). The first-order valence-corrected chi connectivity index (χ1v) is 12.3. The largest absolute Gasteiger partial charge is 0.376 e. The molecule has 6 nitrogen and oxygen atoms in total. The molecule has 2 unspecified atom stereocenters. The number of aromatic nitrogens is 2. The number of imidazole rings is 1. The molecule has 3 aromatic rings. The molecule has 1 aliphatic heterocycles. The Morgan fingerprint density at radius 3 is 2.55 bits per heavy atom. The summed E-state index contributed by atoms with van der Waals surface area (Å²) in [5.41, 5.74) is 3.11. The molecule has 0 saturated carbocycles. The van der Waals surface area contributed by atoms with Crippen molar-refractivity contribution >= 4 is 23.5 Å². The van der Waals surface area contributed by atoms with Gasteiger partial charge in [-0.25, -0.2) is 4.98 Å². The van der Waals surface area contributed by atoms with Crippen molar-refractivity contribution < 1.29 is 14.3 Å². The van der Waals surface area contributed by atoms with E-state index < -0.39 is 6.04 Å². The lowest BCUT2D eigenvalue weighted by molar-refractivity contribution is -0.125. The van der Waals surface area contributed by atoms with Crippen LogP contribution in [0.3, 0.4) is 0 Å². The quantitative estimate of drug-likeness (QED) is 0.458. The summed E-state index contributed by atoms with van der Waals surface area (Å²) < 4.78 is 8.01. The number of ketones is 1. The molecule has 1 N–H and O–H groups in total. The molecule has 2 heterocycles. The molecule has 0 bridgehead atoms. The van der Waals surface area contributed by atoms with E-state index in [0.717, 1.165) is 41.4 Å². The third-order valence-corrected chi connectivity index (χ3v) is 6.73. The lowest BCUT2D eigenvalue weighted by Gasteiger charge is -2.17. The van der Waals surface area contributed by atoms with E-state index in [0.29, 0.717) is 13.0 Å². The first-order valence-electron chi connectivity index (χ1n) is 11.3. The van der Waals surface area contributed by atoms with Gasteiger partial charge in [-0.3, -0.25) is 9.59 Å². The van der Waals surface area contributed by atoms with Gasteiger partial charge in [-0.15, -0.1) is 0 Å². The van der Waals surface area contributed by atoms with E-state index in [2.05, 4.69) is 27.0 Å². The maximum atomic E-state index is 12.7. The van der Waals surface area contributed by atoms with Crippen molar-refractivity contribution in [3.05, 3.63) is 72.4 Å². The zero-order valence-corrected chi connectivity index (χ0v) is 19.6. The van der Waals surface area contributed by atoms with Crippen molar-refractivity contribution in [2.75, 3.05) is 12.4 Å². The molecule has 172 valence electrons. The Bertz CT molecular complexity index is 1060. The molecular formula is C26H29N3O3S. The van der Waals surface area contributed by atoms with E-state index in [9.17, 15) is 9.59 Å². The minimum atomic E-state index is -0.535. The number of ether oxygens (including phenoxy) is 1. The SMILES string of the molecule is CC(=O)C(Cc1ccccc1)NC(=O)CSc1ncc(-c2ccccc2)n1CC1CCCO1. The van der Waals surface area contributed by atoms with Crippen LogP contribution >= 0.6 is 11.8 Å². The molecule has 33 heavy (non-hydrogen) atoms. The number of amides is 1. The van der Waals surface area contributed by atoms with Crippen molar-refractivity contribution in [3.63, 3.8) is 0 Å². The van der Waals surface area contributed by atoms with Crippen molar-refractivity contribution in [2.24, 2.45) is 0 Å². The van der Waals surface area contributed by atoms with Gasteiger partial charge in [-0.05, 0) is 37.3 Å². The van der Waals surface area contributed by atoms with Crippen LogP contribution in [0.5, 0.6) is 0 Å². The van der Waals surface area contributed by atoms with E-state index in [1.54, 1.807) is 0 Å². The maximum absolute atomic E-state index is 12.7. The molecule has 2 aromatic carbocycles. The van der Waals surface area contributed by atoms with Gasteiger partial charge in [0.05, 0.1) is 36.3 Å². The summed E-state index contributed by atoms with van der Waals surface area (Å²) in [7, 11) is 0. The van der Waals surface area contributed by atoms with Gasteiger partial charge in [0, 0.05) is 6.61 Å². The second kappa shape index (κ2) is 11.3. The highest BCUT2D eigenvalue weighted by Gasteiger charge is 2.22. The fourth-order valence-electron chi connectivity index (χ4n) is 3.99. The monoisotopic (exact) mass is 463 g/mol. The first kappa shape index (κ1) is 23.3. The number of hydrogen-bond donors (Lipinski definition) is 1. The number of nitrogens with one attached hydrogen (secondary N) is 1. The van der Waals surface area contributed by atoms with Crippen LogP contribution in [0.25, 0.3) is 11.3 Å². The average molecular weight is 464 g/mol. The van der Waals surface area contributed by atoms with E-state index in [1.807, 2.05) is 54.7 Å². The molecule has 1 fully saturated rings. The number of nitrogens with zero attached hydrogens (tertiary/aromatic N) is 2. The summed E-state index contributed by atoms with van der Waals surface area (Å²) in [4.78, 5) is 29.4. The number of benzene rings is 2. The first-order chi connectivity index (χ1) is 16.1. The third-order valence-electron chi connectivity index (χ3n) is 5.74. The van der Waals surface area contributed by atoms with Crippen LogP contribution in [0, 0.1) is 0 Å². The lowest BCUT2D eigenvalue weighted by Crippen LogP contribution is -2.42. The lowest BCUT2D eigenvalue weighted by atomic mass is 10.0. The van der Waals surface area contributed by atoms with Crippen LogP contribution in [0.15, 0.2) is 72.0 Å². The topological polar surface area (TPSA) is 73.2 Å². The van der Waals surface area contributed by atoms with Crippen LogP contribution in [-0.4, -0.2) is 45.7 Å². The van der Waals surface area contributed by atoms with Crippen molar-refractivity contribution in [1.82, 2.24) is 14.9 Å². The highest BCUT2D eigenvalue weighted by atomic mass is 32.2. The summed E-state index contributed by atoms with van der Waals surface area (Å²) in [5, 5.41) is 3.67. The normalized spacial score (nSPS) is 16.5. The average Bonchev–Trinajstić information content (AvgIpc) is 3.49. The molecule has 0 radical (unpaired) electrons. The van der Waals surface area contributed by atoms with Crippen LogP contribution in [0.4, 0.5) is 0 Å². The number of carbonyl (C=O) groups is 2. The molecule has 1 aliphatic rings. The van der Waals surface area contributed by atoms with Gasteiger partial charge in [-0.2, -0.15) is 0 Å². The Morgan fingerprint density at radius 2 is 1.88 bits per heavy atom. The molecule has 2 atom stereocenters. The predicted octanol–water partition coefficient (Wildman–Crippen LogP) is 4.14. The zero-order valence-electron chi connectivity index (χ0n) is 18.8. The Labute approximate surface area is 198 Å². The molecule has 0 aliphatic carbocycles. The minimum absolute atomic E-state index is 0.0524. The van der Waals surface area contributed by atoms with Crippen molar-refractivity contribution in [3.8, 4) is 11.3 Å². The van der Waals surface area contributed by atoms with E-state index in [-0.39, 0.29) is 23.5 Å². The molecule has 4 rings (SSSR count). The fourth-order valence-corrected chi connectivity index (χ4v) is 4.79. The Morgan fingerprint density at radius 1 is 1.15 bits per heavy atom. The van der Waals surface area contributed by atoms with E-state index >= 15 is 0 Å². The van der Waals surface area contributed by atoms with Crippen LogP contribution in [0.1, 0.15) is 25.3 Å². The van der Waals surface area contributed by atoms with Gasteiger partial charge in [0.25, 0.3) is 0 Å². The van der Waals surface area contributed by atoms with Crippen molar-refractivity contribution in [1.29, 1.82) is 0 Å². The van der Waals surface area contributed by atoms with Crippen LogP contribution in [0.2, 0.25) is 0 Å². The number of Topliss-reactive ketones (excluding diaryl/α,β-unsaturated/α-hetero) is 1. The van der Waals surface area contributed by atoms with Gasteiger partial charge in [0.1, 0.15) is 0 Å². The summed E-state index contributed by atoms with van der Waals surface area (Å²) >= 11 is 1.39. The number of rotatable bonds is 10. The van der Waals surface area contributed by atoms with Gasteiger partial charge >= 0.3 is 0 Å². The second-order valence-electron chi connectivity index (χ2n) is 8.25. The van der Waals surface area contributed by atoms with Gasteiger partial charge in [0.2, 0.25) is 5.91 Å². The third kappa shape index (κ3) is 6.33. The van der Waals surface area contributed by atoms with Crippen molar-refractivity contribution in [2.45, 2.75) is 50.0 Å². The van der Waals surface area contributed by atoms with Gasteiger partial charge in [0.15, 0.2) is 10.9 Å². The Hall–Kier alpha value is -2.90.